The van der Waals surface area contributed by atoms with E-state index in [1.54, 1.807) is 47.4 Å². The monoisotopic (exact) mass is 411 g/mol. The smallest absolute Gasteiger partial charge is 0.295 e. The van der Waals surface area contributed by atoms with E-state index in [4.69, 9.17) is 11.6 Å². The summed E-state index contributed by atoms with van der Waals surface area (Å²) in [6, 6.07) is 12.2. The quantitative estimate of drug-likeness (QED) is 0.432. The topological polar surface area (TPSA) is 77.8 Å². The Hall–Kier alpha value is -2.79. The molecule has 2 aliphatic rings. The van der Waals surface area contributed by atoms with E-state index in [2.05, 4.69) is 0 Å². The number of aliphatic hydroxyl groups excluding tert-OH is 1. The number of hydrogen-bond acceptors (Lipinski definition) is 4. The molecular formula is C23H22ClNO4. The number of nitrogens with zero attached hydrogens (tertiary/aromatic N) is 1. The molecule has 150 valence electrons. The minimum atomic E-state index is -0.735. The van der Waals surface area contributed by atoms with E-state index in [9.17, 15) is 19.8 Å². The van der Waals surface area contributed by atoms with Gasteiger partial charge < -0.3 is 15.1 Å². The molecule has 2 N–H and O–H groups in total. The third-order valence-corrected chi connectivity index (χ3v) is 6.00. The van der Waals surface area contributed by atoms with Gasteiger partial charge in [0.15, 0.2) is 0 Å². The zero-order chi connectivity index (χ0) is 20.5. The van der Waals surface area contributed by atoms with E-state index in [1.165, 1.54) is 6.07 Å². The number of aromatic hydroxyl groups is 1. The molecule has 2 aromatic carbocycles. The molecule has 2 fully saturated rings. The molecule has 5 nitrogen and oxygen atoms in total. The molecular weight excluding hydrogens is 390 g/mol. The molecule has 1 saturated carbocycles. The number of carbonyl (C=O) groups excluding carboxylic acids is 2. The Morgan fingerprint density at radius 3 is 2.34 bits per heavy atom. The van der Waals surface area contributed by atoms with E-state index in [0.717, 1.165) is 32.1 Å². The average molecular weight is 412 g/mol. The third kappa shape index (κ3) is 3.62. The molecule has 2 aromatic rings. The average Bonchev–Trinajstić information content (AvgIpc) is 2.99. The molecule has 4 rings (SSSR count). The van der Waals surface area contributed by atoms with E-state index < -0.39 is 17.7 Å². The molecule has 29 heavy (non-hydrogen) atoms. The van der Waals surface area contributed by atoms with Crippen LogP contribution in [0.5, 0.6) is 5.75 Å². The highest BCUT2D eigenvalue weighted by Gasteiger charge is 2.48. The molecule has 1 amide bonds. The maximum absolute atomic E-state index is 13.0. The van der Waals surface area contributed by atoms with Crippen molar-refractivity contribution in [2.45, 2.75) is 44.2 Å². The molecule has 0 radical (unpaired) electrons. The van der Waals surface area contributed by atoms with Crippen molar-refractivity contribution in [3.8, 4) is 5.75 Å². The molecule has 1 atom stereocenters. The molecule has 1 heterocycles. The first-order valence-corrected chi connectivity index (χ1v) is 10.2. The Labute approximate surface area is 174 Å². The van der Waals surface area contributed by atoms with Gasteiger partial charge in [-0.1, -0.05) is 43.0 Å². The summed E-state index contributed by atoms with van der Waals surface area (Å²) in [5.41, 5.74) is 1.07. The van der Waals surface area contributed by atoms with Crippen molar-refractivity contribution < 1.29 is 19.8 Å². The number of Topliss-reactive ketones (excluding diaryl/α,β-unsaturated/α-hetero) is 1. The number of phenols is 1. The lowest BCUT2D eigenvalue weighted by Crippen LogP contribution is -2.40. The number of carbonyl (C=O) groups is 2. The summed E-state index contributed by atoms with van der Waals surface area (Å²) in [5, 5.41) is 21.5. The normalized spacial score (nSPS) is 22.2. The van der Waals surface area contributed by atoms with Crippen LogP contribution < -0.4 is 0 Å². The van der Waals surface area contributed by atoms with Crippen LogP contribution in [0.2, 0.25) is 5.02 Å². The van der Waals surface area contributed by atoms with Gasteiger partial charge >= 0.3 is 0 Å². The van der Waals surface area contributed by atoms with Crippen LogP contribution in [-0.4, -0.2) is 32.8 Å². The van der Waals surface area contributed by atoms with Gasteiger partial charge in [0.25, 0.3) is 11.7 Å². The van der Waals surface area contributed by atoms with Crippen molar-refractivity contribution in [3.05, 3.63) is 70.3 Å². The Bertz CT molecular complexity index is 977. The van der Waals surface area contributed by atoms with E-state index in [1.807, 2.05) is 0 Å². The van der Waals surface area contributed by atoms with Crippen molar-refractivity contribution in [3.63, 3.8) is 0 Å². The van der Waals surface area contributed by atoms with Crippen LogP contribution in [0.25, 0.3) is 5.76 Å². The van der Waals surface area contributed by atoms with E-state index in [-0.39, 0.29) is 23.1 Å². The molecule has 0 bridgehead atoms. The number of phenolic OH excluding ortho intramolecular Hbond substituents is 1. The lowest BCUT2D eigenvalue weighted by molar-refractivity contribution is -0.141. The number of benzene rings is 2. The van der Waals surface area contributed by atoms with E-state index in [0.29, 0.717) is 16.1 Å². The molecule has 1 aliphatic carbocycles. The fraction of sp³-hybridized carbons (Fsp3) is 0.304. The van der Waals surface area contributed by atoms with E-state index >= 15 is 0 Å². The first kappa shape index (κ1) is 19.5. The van der Waals surface area contributed by atoms with Gasteiger partial charge in [-0.2, -0.15) is 0 Å². The van der Waals surface area contributed by atoms with Crippen LogP contribution in [0, 0.1) is 0 Å². The number of likely N-dealkylation sites (tertiary alicyclic amines) is 1. The van der Waals surface area contributed by atoms with Gasteiger partial charge in [0.1, 0.15) is 11.5 Å². The highest BCUT2D eigenvalue weighted by molar-refractivity contribution is 6.46. The lowest BCUT2D eigenvalue weighted by Gasteiger charge is -2.35. The second-order valence-corrected chi connectivity index (χ2v) is 8.04. The minimum Gasteiger partial charge on any atom is -0.508 e. The fourth-order valence-corrected chi connectivity index (χ4v) is 4.50. The van der Waals surface area contributed by atoms with Gasteiger partial charge in [0, 0.05) is 16.6 Å². The Morgan fingerprint density at radius 2 is 1.69 bits per heavy atom. The Balaban J connectivity index is 1.87. The van der Waals surface area contributed by atoms with Gasteiger partial charge in [0.05, 0.1) is 11.6 Å². The van der Waals surface area contributed by atoms with Gasteiger partial charge in [-0.15, -0.1) is 0 Å². The van der Waals surface area contributed by atoms with Crippen LogP contribution in [0.15, 0.2) is 54.1 Å². The largest absolute Gasteiger partial charge is 0.508 e. The third-order valence-electron chi connectivity index (χ3n) is 5.75. The molecule has 1 unspecified atom stereocenters. The SMILES string of the molecule is O=C1C(=O)N(C2CCCCC2)C(c2cccc(O)c2)/C1=C(/O)c1ccc(Cl)cc1. The van der Waals surface area contributed by atoms with Crippen LogP contribution in [0.3, 0.4) is 0 Å². The molecule has 1 saturated heterocycles. The number of ketones is 1. The molecule has 6 heteroatoms. The standard InChI is InChI=1S/C23H22ClNO4/c24-16-11-9-14(10-12-16)21(27)19-20(15-5-4-8-18(26)13-15)25(23(29)22(19)28)17-6-2-1-3-7-17/h4-5,8-13,17,20,26-27H,1-3,6-7H2/b21-19-. The van der Waals surface area contributed by atoms with Crippen molar-refractivity contribution >= 4 is 29.1 Å². The summed E-state index contributed by atoms with van der Waals surface area (Å²) < 4.78 is 0. The van der Waals surface area contributed by atoms with Crippen LogP contribution in [-0.2, 0) is 9.59 Å². The number of hydrogen-bond donors (Lipinski definition) is 2. The summed E-state index contributed by atoms with van der Waals surface area (Å²) in [7, 11) is 0. The summed E-state index contributed by atoms with van der Waals surface area (Å²) in [6.45, 7) is 0. The number of amides is 1. The second kappa shape index (κ2) is 7.91. The Kier molecular flexibility index (Phi) is 5.33. The summed E-state index contributed by atoms with van der Waals surface area (Å²) in [6.07, 6.45) is 4.75. The maximum Gasteiger partial charge on any atom is 0.295 e. The zero-order valence-electron chi connectivity index (χ0n) is 15.8. The molecule has 1 aliphatic heterocycles. The van der Waals surface area contributed by atoms with Crippen molar-refractivity contribution in [2.24, 2.45) is 0 Å². The Morgan fingerprint density at radius 1 is 1.00 bits per heavy atom. The number of aliphatic hydroxyl groups is 1. The summed E-state index contributed by atoms with van der Waals surface area (Å²) in [4.78, 5) is 27.6. The first-order chi connectivity index (χ1) is 14.0. The molecule has 0 aromatic heterocycles. The highest BCUT2D eigenvalue weighted by atomic mass is 35.5. The zero-order valence-corrected chi connectivity index (χ0v) is 16.6. The van der Waals surface area contributed by atoms with Gasteiger partial charge in [-0.25, -0.2) is 0 Å². The lowest BCUT2D eigenvalue weighted by atomic mass is 9.91. The second-order valence-electron chi connectivity index (χ2n) is 7.60. The van der Waals surface area contributed by atoms with Gasteiger partial charge in [-0.3, -0.25) is 9.59 Å². The fourth-order valence-electron chi connectivity index (χ4n) is 4.37. The highest BCUT2D eigenvalue weighted by Crippen LogP contribution is 2.43. The summed E-state index contributed by atoms with van der Waals surface area (Å²) >= 11 is 5.94. The predicted molar refractivity (Wildman–Crippen MR) is 111 cm³/mol. The van der Waals surface area contributed by atoms with Crippen molar-refractivity contribution in [1.82, 2.24) is 4.90 Å². The van der Waals surface area contributed by atoms with Gasteiger partial charge in [0.2, 0.25) is 0 Å². The van der Waals surface area contributed by atoms with Crippen molar-refractivity contribution in [2.75, 3.05) is 0 Å². The predicted octanol–water partition coefficient (Wildman–Crippen LogP) is 4.80. The van der Waals surface area contributed by atoms with Crippen LogP contribution >= 0.6 is 11.6 Å². The molecule has 0 spiro atoms. The van der Waals surface area contributed by atoms with Gasteiger partial charge in [-0.05, 0) is 54.8 Å². The maximum atomic E-state index is 13.0. The minimum absolute atomic E-state index is 0.0447. The number of halogens is 1. The summed E-state index contributed by atoms with van der Waals surface area (Å²) in [5.74, 6) is -1.48. The van der Waals surface area contributed by atoms with Crippen LogP contribution in [0.1, 0.15) is 49.3 Å². The number of rotatable bonds is 3. The first-order valence-electron chi connectivity index (χ1n) is 9.82. The van der Waals surface area contributed by atoms with Crippen molar-refractivity contribution in [1.29, 1.82) is 0 Å². The van der Waals surface area contributed by atoms with Crippen LogP contribution in [0.4, 0.5) is 0 Å².